The van der Waals surface area contributed by atoms with Gasteiger partial charge in [0.25, 0.3) is 0 Å². The molecule has 2 aromatic rings. The van der Waals surface area contributed by atoms with Gasteiger partial charge in [0.2, 0.25) is 5.95 Å². The molecule has 3 rings (SSSR count). The molecule has 0 saturated heterocycles. The molecule has 0 amide bonds. The SMILES string of the molecule is CCc1cnc(NC2CCC(n3cnnc3)CC2)nc1. The Balaban J connectivity index is 1.53. The van der Waals surface area contributed by atoms with Crippen LogP contribution < -0.4 is 5.32 Å². The summed E-state index contributed by atoms with van der Waals surface area (Å²) in [7, 11) is 0. The van der Waals surface area contributed by atoms with Crippen molar-refractivity contribution in [1.29, 1.82) is 0 Å². The van der Waals surface area contributed by atoms with Crippen LogP contribution in [0.2, 0.25) is 0 Å². The highest BCUT2D eigenvalue weighted by atomic mass is 15.2. The van der Waals surface area contributed by atoms with Crippen molar-refractivity contribution in [2.24, 2.45) is 0 Å². The van der Waals surface area contributed by atoms with Gasteiger partial charge < -0.3 is 9.88 Å². The minimum absolute atomic E-state index is 0.468. The summed E-state index contributed by atoms with van der Waals surface area (Å²) in [5.41, 5.74) is 1.17. The van der Waals surface area contributed by atoms with E-state index in [1.807, 2.05) is 25.0 Å². The maximum atomic E-state index is 4.37. The first-order valence-electron chi connectivity index (χ1n) is 7.26. The summed E-state index contributed by atoms with van der Waals surface area (Å²) in [6.07, 6.45) is 12.9. The Kier molecular flexibility index (Phi) is 3.90. The fourth-order valence-corrected chi connectivity index (χ4v) is 2.71. The molecule has 1 aliphatic rings. The van der Waals surface area contributed by atoms with E-state index < -0.39 is 0 Å². The van der Waals surface area contributed by atoms with Gasteiger partial charge in [0, 0.05) is 24.5 Å². The summed E-state index contributed by atoms with van der Waals surface area (Å²) in [4.78, 5) is 8.73. The van der Waals surface area contributed by atoms with Gasteiger partial charge in [-0.2, -0.15) is 0 Å². The van der Waals surface area contributed by atoms with Crippen LogP contribution >= 0.6 is 0 Å². The molecule has 6 nitrogen and oxygen atoms in total. The number of aromatic nitrogens is 5. The van der Waals surface area contributed by atoms with Crippen LogP contribution in [-0.4, -0.2) is 30.8 Å². The van der Waals surface area contributed by atoms with Crippen LogP contribution in [0.4, 0.5) is 5.95 Å². The molecule has 0 aromatic carbocycles. The Morgan fingerprint density at radius 1 is 1.10 bits per heavy atom. The number of anilines is 1. The van der Waals surface area contributed by atoms with Crippen molar-refractivity contribution in [3.8, 4) is 0 Å². The van der Waals surface area contributed by atoms with Crippen molar-refractivity contribution in [1.82, 2.24) is 24.7 Å². The molecule has 20 heavy (non-hydrogen) atoms. The highest BCUT2D eigenvalue weighted by Crippen LogP contribution is 2.29. The third-order valence-electron chi connectivity index (χ3n) is 4.00. The lowest BCUT2D eigenvalue weighted by molar-refractivity contribution is 0.333. The summed E-state index contributed by atoms with van der Waals surface area (Å²) in [6.45, 7) is 2.11. The lowest BCUT2D eigenvalue weighted by Gasteiger charge is -2.29. The Labute approximate surface area is 118 Å². The number of hydrogen-bond donors (Lipinski definition) is 1. The lowest BCUT2D eigenvalue weighted by Crippen LogP contribution is -2.27. The van der Waals surface area contributed by atoms with Gasteiger partial charge >= 0.3 is 0 Å². The number of aryl methyl sites for hydroxylation is 1. The summed E-state index contributed by atoms with van der Waals surface area (Å²) in [5.74, 6) is 0.745. The molecule has 0 atom stereocenters. The van der Waals surface area contributed by atoms with E-state index in [2.05, 4.69) is 37.0 Å². The van der Waals surface area contributed by atoms with Gasteiger partial charge in [-0.3, -0.25) is 0 Å². The van der Waals surface area contributed by atoms with E-state index in [-0.39, 0.29) is 0 Å². The van der Waals surface area contributed by atoms with Crippen LogP contribution in [0.5, 0.6) is 0 Å². The average Bonchev–Trinajstić information content (AvgIpc) is 3.03. The summed E-state index contributed by atoms with van der Waals surface area (Å²) in [6, 6.07) is 1.00. The molecule has 1 N–H and O–H groups in total. The second-order valence-electron chi connectivity index (χ2n) is 5.33. The van der Waals surface area contributed by atoms with Crippen LogP contribution in [-0.2, 0) is 6.42 Å². The largest absolute Gasteiger partial charge is 0.351 e. The van der Waals surface area contributed by atoms with Crippen LogP contribution in [0, 0.1) is 0 Å². The molecular weight excluding hydrogens is 252 g/mol. The molecule has 2 aromatic heterocycles. The number of rotatable bonds is 4. The zero-order valence-electron chi connectivity index (χ0n) is 11.7. The summed E-state index contributed by atoms with van der Waals surface area (Å²) >= 11 is 0. The predicted molar refractivity (Wildman–Crippen MR) is 76.3 cm³/mol. The van der Waals surface area contributed by atoms with E-state index in [9.17, 15) is 0 Å². The Bertz CT molecular complexity index is 513. The van der Waals surface area contributed by atoms with Crippen molar-refractivity contribution < 1.29 is 0 Å². The first-order valence-corrected chi connectivity index (χ1v) is 7.26. The predicted octanol–water partition coefficient (Wildman–Crippen LogP) is 2.23. The third kappa shape index (κ3) is 2.95. The summed E-state index contributed by atoms with van der Waals surface area (Å²) < 4.78 is 2.11. The lowest BCUT2D eigenvalue weighted by atomic mass is 9.91. The molecule has 1 fully saturated rings. The van der Waals surface area contributed by atoms with Gasteiger partial charge in [-0.05, 0) is 37.7 Å². The van der Waals surface area contributed by atoms with Gasteiger partial charge in [-0.15, -0.1) is 10.2 Å². The van der Waals surface area contributed by atoms with Crippen molar-refractivity contribution in [2.75, 3.05) is 5.32 Å². The molecule has 6 heteroatoms. The average molecular weight is 272 g/mol. The Morgan fingerprint density at radius 3 is 2.35 bits per heavy atom. The molecule has 1 aliphatic carbocycles. The first-order chi connectivity index (χ1) is 9.85. The summed E-state index contributed by atoms with van der Waals surface area (Å²) in [5, 5.41) is 11.2. The van der Waals surface area contributed by atoms with Crippen LogP contribution in [0.15, 0.2) is 25.0 Å². The number of nitrogens with one attached hydrogen (secondary N) is 1. The maximum Gasteiger partial charge on any atom is 0.222 e. The molecule has 1 saturated carbocycles. The second kappa shape index (κ2) is 5.98. The van der Waals surface area contributed by atoms with Crippen LogP contribution in [0.3, 0.4) is 0 Å². The van der Waals surface area contributed by atoms with Crippen molar-refractivity contribution >= 4 is 5.95 Å². The molecule has 2 heterocycles. The molecule has 0 aliphatic heterocycles. The smallest absolute Gasteiger partial charge is 0.222 e. The molecule has 0 radical (unpaired) electrons. The zero-order chi connectivity index (χ0) is 13.8. The number of hydrogen-bond acceptors (Lipinski definition) is 5. The topological polar surface area (TPSA) is 68.5 Å². The van der Waals surface area contributed by atoms with Gasteiger partial charge in [0.05, 0.1) is 0 Å². The molecule has 106 valence electrons. The van der Waals surface area contributed by atoms with E-state index in [1.54, 1.807) is 0 Å². The van der Waals surface area contributed by atoms with Crippen molar-refractivity contribution in [3.05, 3.63) is 30.6 Å². The van der Waals surface area contributed by atoms with Gasteiger partial charge in [-0.25, -0.2) is 9.97 Å². The molecular formula is C14H20N6. The van der Waals surface area contributed by atoms with E-state index >= 15 is 0 Å². The standard InChI is InChI=1S/C14H20N6/c1-2-11-7-15-14(16-8-11)19-12-3-5-13(6-4-12)20-9-17-18-10-20/h7-10,12-13H,2-6H2,1H3,(H,15,16,19). The van der Waals surface area contributed by atoms with Crippen LogP contribution in [0.1, 0.15) is 44.2 Å². The highest BCUT2D eigenvalue weighted by molar-refractivity contribution is 5.26. The van der Waals surface area contributed by atoms with Gasteiger partial charge in [-0.1, -0.05) is 6.92 Å². The van der Waals surface area contributed by atoms with E-state index in [1.165, 1.54) is 5.56 Å². The normalized spacial score (nSPS) is 22.6. The zero-order valence-corrected chi connectivity index (χ0v) is 11.7. The van der Waals surface area contributed by atoms with Gasteiger partial charge in [0.15, 0.2) is 0 Å². The van der Waals surface area contributed by atoms with E-state index in [0.717, 1.165) is 38.1 Å². The number of nitrogens with zero attached hydrogens (tertiary/aromatic N) is 5. The minimum Gasteiger partial charge on any atom is -0.351 e. The van der Waals surface area contributed by atoms with Crippen molar-refractivity contribution in [3.63, 3.8) is 0 Å². The van der Waals surface area contributed by atoms with E-state index in [4.69, 9.17) is 0 Å². The van der Waals surface area contributed by atoms with Gasteiger partial charge in [0.1, 0.15) is 12.7 Å². The van der Waals surface area contributed by atoms with Crippen LogP contribution in [0.25, 0.3) is 0 Å². The highest BCUT2D eigenvalue weighted by Gasteiger charge is 2.22. The molecule has 0 bridgehead atoms. The quantitative estimate of drug-likeness (QED) is 0.924. The second-order valence-corrected chi connectivity index (χ2v) is 5.33. The van der Waals surface area contributed by atoms with Crippen molar-refractivity contribution in [2.45, 2.75) is 51.1 Å². The third-order valence-corrected chi connectivity index (χ3v) is 4.00. The first kappa shape index (κ1) is 13.0. The molecule has 0 unspecified atom stereocenters. The monoisotopic (exact) mass is 272 g/mol. The minimum atomic E-state index is 0.468. The fourth-order valence-electron chi connectivity index (χ4n) is 2.71. The fraction of sp³-hybridized carbons (Fsp3) is 0.571. The molecule has 0 spiro atoms. The Morgan fingerprint density at radius 2 is 1.75 bits per heavy atom. The maximum absolute atomic E-state index is 4.37. The Hall–Kier alpha value is -1.98. The van der Waals surface area contributed by atoms with E-state index in [0.29, 0.717) is 12.1 Å².